The molecule has 15 heteroatoms. The summed E-state index contributed by atoms with van der Waals surface area (Å²) in [6.45, 7) is 9.47. The van der Waals surface area contributed by atoms with Gasteiger partial charge in [0.05, 0.1) is 39.6 Å². The molecule has 1 aliphatic rings. The van der Waals surface area contributed by atoms with E-state index >= 15 is 0 Å². The van der Waals surface area contributed by atoms with E-state index in [9.17, 15) is 28.8 Å². The second kappa shape index (κ2) is 34.8. The van der Waals surface area contributed by atoms with Gasteiger partial charge in [-0.25, -0.2) is 9.59 Å². The quantitative estimate of drug-likeness (QED) is 0.181. The van der Waals surface area contributed by atoms with E-state index in [1.165, 1.54) is 49.2 Å². The maximum Gasteiger partial charge on any atom is 0.336 e. The topological polar surface area (TPSA) is 229 Å². The summed E-state index contributed by atoms with van der Waals surface area (Å²) in [6, 6.07) is 11.4. The van der Waals surface area contributed by atoms with Crippen LogP contribution in [0.4, 0.5) is 0 Å². The number of hydrogen-bond donors (Lipinski definition) is 2. The Kier molecular flexibility index (Phi) is 37.5. The molecule has 0 unspecified atom stereocenters. The molecular weight excluding hydrogens is 652 g/mol. The lowest BCUT2D eigenvalue weighted by Gasteiger charge is -2.27. The van der Waals surface area contributed by atoms with Crippen molar-refractivity contribution in [3.05, 3.63) is 83.7 Å². The van der Waals surface area contributed by atoms with Crippen molar-refractivity contribution in [3.63, 3.8) is 0 Å². The lowest BCUT2D eigenvalue weighted by atomic mass is 9.87. The van der Waals surface area contributed by atoms with Crippen LogP contribution in [0.3, 0.4) is 0 Å². The minimum atomic E-state index is -0.475. The number of pyridine rings is 2. The first kappa shape index (κ1) is 53.9. The summed E-state index contributed by atoms with van der Waals surface area (Å²) in [4.78, 5) is 80.3. The van der Waals surface area contributed by atoms with Crippen molar-refractivity contribution in [2.45, 2.75) is 61.8 Å². The van der Waals surface area contributed by atoms with Crippen molar-refractivity contribution in [1.82, 2.24) is 21.4 Å². The van der Waals surface area contributed by atoms with Gasteiger partial charge in [0.1, 0.15) is 30.7 Å². The first-order valence-corrected chi connectivity index (χ1v) is 14.3. The molecule has 2 aromatic rings. The number of ether oxygens (including phenoxy) is 4. The zero-order valence-corrected chi connectivity index (χ0v) is 29.9. The van der Waals surface area contributed by atoms with Gasteiger partial charge in [0.15, 0.2) is 0 Å². The van der Waals surface area contributed by atoms with E-state index in [0.717, 1.165) is 6.29 Å². The number of nitrogens with zero attached hydrogens (tertiary/aromatic N) is 2. The van der Waals surface area contributed by atoms with Gasteiger partial charge in [-0.3, -0.25) is 29.1 Å². The number of ketones is 2. The number of rotatable bonds is 6. The molecule has 0 amide bonds. The molecule has 1 aliphatic heterocycles. The SMILES string of the molecule is C.CC=O.COC(=O)C1=C(C)NC(C)=C(C(=O)OC)C1C.COC(=O)CC(C)=O.COC(=O)CC(C)=O.N.c1ccncc1.c1ccncc1. The van der Waals surface area contributed by atoms with Crippen LogP contribution in [0.15, 0.2) is 83.7 Å². The highest BCUT2D eigenvalue weighted by Crippen LogP contribution is 2.30. The fourth-order valence-electron chi connectivity index (χ4n) is 3.27. The van der Waals surface area contributed by atoms with Crippen molar-refractivity contribution >= 4 is 41.7 Å². The molecule has 2 aromatic heterocycles. The largest absolute Gasteiger partial charge is 0.469 e. The molecule has 3 rings (SSSR count). The Morgan fingerprint density at radius 3 is 1.08 bits per heavy atom. The first-order valence-electron chi connectivity index (χ1n) is 14.3. The summed E-state index contributed by atoms with van der Waals surface area (Å²) in [5.74, 6) is -2.49. The van der Waals surface area contributed by atoms with Crippen molar-refractivity contribution in [2.75, 3.05) is 28.4 Å². The Labute approximate surface area is 295 Å². The van der Waals surface area contributed by atoms with E-state index in [4.69, 9.17) is 14.3 Å². The average molecular weight is 707 g/mol. The lowest BCUT2D eigenvalue weighted by Crippen LogP contribution is -2.31. The monoisotopic (exact) mass is 706 g/mol. The minimum absolute atomic E-state index is 0. The van der Waals surface area contributed by atoms with E-state index in [2.05, 4.69) is 24.8 Å². The van der Waals surface area contributed by atoms with E-state index in [-0.39, 0.29) is 43.9 Å². The molecule has 0 fully saturated rings. The molecule has 15 nitrogen and oxygen atoms in total. The Hall–Kier alpha value is -5.57. The number of hydrogen-bond acceptors (Lipinski definition) is 15. The highest BCUT2D eigenvalue weighted by atomic mass is 16.5. The van der Waals surface area contributed by atoms with Gasteiger partial charge in [0, 0.05) is 42.1 Å². The molecular formula is C35H54N4O11. The number of methoxy groups -OCH3 is 4. The molecule has 0 saturated heterocycles. The summed E-state index contributed by atoms with van der Waals surface area (Å²) >= 11 is 0. The number of esters is 4. The highest BCUT2D eigenvalue weighted by molar-refractivity contribution is 5.97. The van der Waals surface area contributed by atoms with Gasteiger partial charge in [0.2, 0.25) is 0 Å². The van der Waals surface area contributed by atoms with Crippen LogP contribution in [0.5, 0.6) is 0 Å². The van der Waals surface area contributed by atoms with Gasteiger partial charge < -0.3 is 35.2 Å². The Bertz CT molecular complexity index is 1180. The van der Waals surface area contributed by atoms with Crippen LogP contribution in [0, 0.1) is 5.92 Å². The summed E-state index contributed by atoms with van der Waals surface area (Å²) in [5.41, 5.74) is 2.32. The normalized spacial score (nSPS) is 10.5. The standard InChI is InChI=1S/C12H17NO4.2C5H5N.2C5H8O3.C2H4O.CH4.H3N/c1-6-9(11(14)16-4)7(2)13-8(3)10(6)12(15)17-5;2*1-2-4-6-5-3-1;2*1-4(6)3-5(7)8-2;1-2-3;;/h6,13H,1-5H3;2*1-5H;2*3H2,1-2H3;2H,1H3;1H4;1H3. The lowest BCUT2D eigenvalue weighted by molar-refractivity contribution is -0.144. The van der Waals surface area contributed by atoms with E-state index in [1.54, 1.807) is 45.6 Å². The van der Waals surface area contributed by atoms with Gasteiger partial charge in [-0.1, -0.05) is 26.5 Å². The minimum Gasteiger partial charge on any atom is -0.469 e. The number of allylic oxidation sites excluding steroid dienone is 2. The van der Waals surface area contributed by atoms with E-state index in [1.807, 2.05) is 36.4 Å². The van der Waals surface area contributed by atoms with Crippen molar-refractivity contribution in [2.24, 2.45) is 5.92 Å². The number of carbonyl (C=O) groups excluding carboxylic acids is 7. The average Bonchev–Trinajstić information content (AvgIpc) is 3.06. The van der Waals surface area contributed by atoms with Crippen molar-refractivity contribution < 1.29 is 52.5 Å². The molecule has 0 aliphatic carbocycles. The number of dihydropyridines is 1. The summed E-state index contributed by atoms with van der Waals surface area (Å²) in [7, 11) is 5.15. The summed E-state index contributed by atoms with van der Waals surface area (Å²) in [6.07, 6.45) is 7.52. The maximum atomic E-state index is 11.7. The Balaban J connectivity index is -0.000000175. The second-order valence-corrected chi connectivity index (χ2v) is 9.10. The Morgan fingerprint density at radius 2 is 0.940 bits per heavy atom. The van der Waals surface area contributed by atoms with Crippen LogP contribution in [-0.2, 0) is 52.5 Å². The predicted octanol–water partition coefficient (Wildman–Crippen LogP) is 4.56. The van der Waals surface area contributed by atoms with Gasteiger partial charge >= 0.3 is 23.9 Å². The van der Waals surface area contributed by atoms with Crippen LogP contribution < -0.4 is 11.5 Å². The molecule has 0 radical (unpaired) electrons. The number of Topliss-reactive ketones (excluding diaryl/α,β-unsaturated/α-hetero) is 2. The van der Waals surface area contributed by atoms with Crippen LogP contribution >= 0.6 is 0 Å². The fourth-order valence-corrected chi connectivity index (χ4v) is 3.27. The van der Waals surface area contributed by atoms with Gasteiger partial charge in [0.25, 0.3) is 0 Å². The summed E-state index contributed by atoms with van der Waals surface area (Å²) < 4.78 is 17.8. The first-order chi connectivity index (χ1) is 22.7. The van der Waals surface area contributed by atoms with Crippen LogP contribution in [0.25, 0.3) is 0 Å². The Morgan fingerprint density at radius 1 is 0.660 bits per heavy atom. The van der Waals surface area contributed by atoms with Crippen LogP contribution in [-0.4, -0.2) is 80.1 Å². The van der Waals surface area contributed by atoms with Crippen molar-refractivity contribution in [3.8, 4) is 0 Å². The molecule has 50 heavy (non-hydrogen) atoms. The van der Waals surface area contributed by atoms with Crippen LogP contribution in [0.2, 0.25) is 0 Å². The molecule has 0 bridgehead atoms. The molecule has 0 aromatic carbocycles. The third-order valence-electron chi connectivity index (χ3n) is 5.23. The molecule has 0 atom stereocenters. The number of carbonyl (C=O) groups is 7. The number of aldehydes is 1. The van der Waals surface area contributed by atoms with Gasteiger partial charge in [-0.05, 0) is 58.9 Å². The molecule has 0 saturated carbocycles. The molecule has 280 valence electrons. The van der Waals surface area contributed by atoms with E-state index < -0.39 is 23.9 Å². The smallest absolute Gasteiger partial charge is 0.336 e. The fraction of sp³-hybridized carbons (Fsp3) is 0.400. The third kappa shape index (κ3) is 28.6. The number of aromatic nitrogens is 2. The number of nitrogens with one attached hydrogen (secondary N) is 1. The highest BCUT2D eigenvalue weighted by Gasteiger charge is 2.33. The zero-order valence-electron chi connectivity index (χ0n) is 29.9. The van der Waals surface area contributed by atoms with Gasteiger partial charge in [-0.2, -0.15) is 0 Å². The molecule has 0 spiro atoms. The van der Waals surface area contributed by atoms with E-state index in [0.29, 0.717) is 22.5 Å². The maximum absolute atomic E-state index is 11.7. The van der Waals surface area contributed by atoms with Crippen LogP contribution in [0.1, 0.15) is 61.8 Å². The molecule has 3 heterocycles. The zero-order chi connectivity index (χ0) is 37.5. The predicted molar refractivity (Wildman–Crippen MR) is 188 cm³/mol. The molecule has 4 N–H and O–H groups in total. The summed E-state index contributed by atoms with van der Waals surface area (Å²) in [5, 5.41) is 3.00. The second-order valence-electron chi connectivity index (χ2n) is 9.10. The van der Waals surface area contributed by atoms with Crippen molar-refractivity contribution in [1.29, 1.82) is 0 Å². The van der Waals surface area contributed by atoms with Gasteiger partial charge in [-0.15, -0.1) is 0 Å². The third-order valence-corrected chi connectivity index (χ3v) is 5.23.